The number of benzene rings is 2. The number of hydrogen-bond donors (Lipinski definition) is 0. The fourth-order valence-electron chi connectivity index (χ4n) is 2.10. The van der Waals surface area contributed by atoms with Gasteiger partial charge in [0, 0.05) is 11.1 Å². The second kappa shape index (κ2) is 5.75. The number of alkyl halides is 2. The molecule has 0 aliphatic heterocycles. The molecular formula is C16H11F2NO2. The van der Waals surface area contributed by atoms with Gasteiger partial charge in [-0.15, -0.1) is 0 Å². The molecule has 0 saturated heterocycles. The van der Waals surface area contributed by atoms with Crippen LogP contribution in [0, 0.1) is 0 Å². The molecule has 0 atom stereocenters. The SMILES string of the molecule is FC(F)Oc1ccccc1-c1cccc(-c2cnco2)c1. The molecule has 0 spiro atoms. The van der Waals surface area contributed by atoms with E-state index in [4.69, 9.17) is 4.42 Å². The van der Waals surface area contributed by atoms with Crippen molar-refractivity contribution in [2.45, 2.75) is 6.61 Å². The van der Waals surface area contributed by atoms with Gasteiger partial charge in [0.2, 0.25) is 0 Å². The van der Waals surface area contributed by atoms with E-state index in [2.05, 4.69) is 9.72 Å². The third-order valence-electron chi connectivity index (χ3n) is 2.99. The Labute approximate surface area is 119 Å². The Morgan fingerprint density at radius 1 is 1.00 bits per heavy atom. The number of ether oxygens (including phenoxy) is 1. The number of rotatable bonds is 4. The van der Waals surface area contributed by atoms with Gasteiger partial charge in [-0.05, 0) is 17.7 Å². The third kappa shape index (κ3) is 2.91. The summed E-state index contributed by atoms with van der Waals surface area (Å²) >= 11 is 0. The number of aromatic nitrogens is 1. The van der Waals surface area contributed by atoms with Gasteiger partial charge in [-0.25, -0.2) is 4.98 Å². The zero-order valence-corrected chi connectivity index (χ0v) is 10.9. The number of nitrogens with zero attached hydrogens (tertiary/aromatic N) is 1. The second-order valence-corrected chi connectivity index (χ2v) is 4.32. The Balaban J connectivity index is 2.03. The summed E-state index contributed by atoms with van der Waals surface area (Å²) in [7, 11) is 0. The predicted molar refractivity (Wildman–Crippen MR) is 74.0 cm³/mol. The van der Waals surface area contributed by atoms with Crippen LogP contribution in [0.15, 0.2) is 65.5 Å². The van der Waals surface area contributed by atoms with Gasteiger partial charge < -0.3 is 9.15 Å². The molecular weight excluding hydrogens is 276 g/mol. The fraction of sp³-hybridized carbons (Fsp3) is 0.0625. The maximum absolute atomic E-state index is 12.5. The van der Waals surface area contributed by atoms with Crippen LogP contribution in [0.25, 0.3) is 22.5 Å². The molecule has 1 aromatic heterocycles. The van der Waals surface area contributed by atoms with Crippen LogP contribution < -0.4 is 4.74 Å². The van der Waals surface area contributed by atoms with Crippen molar-refractivity contribution in [1.29, 1.82) is 0 Å². The van der Waals surface area contributed by atoms with E-state index in [1.807, 2.05) is 24.3 Å². The van der Waals surface area contributed by atoms with E-state index in [1.165, 1.54) is 12.5 Å². The lowest BCUT2D eigenvalue weighted by Gasteiger charge is -2.11. The zero-order chi connectivity index (χ0) is 14.7. The summed E-state index contributed by atoms with van der Waals surface area (Å²) < 4.78 is 34.8. The number of hydrogen-bond acceptors (Lipinski definition) is 3. The molecule has 0 aliphatic rings. The van der Waals surface area contributed by atoms with Crippen LogP contribution in [0.1, 0.15) is 0 Å². The molecule has 106 valence electrons. The molecule has 3 rings (SSSR count). The lowest BCUT2D eigenvalue weighted by molar-refractivity contribution is -0.0494. The Morgan fingerprint density at radius 3 is 2.57 bits per heavy atom. The summed E-state index contributed by atoms with van der Waals surface area (Å²) in [4.78, 5) is 3.87. The van der Waals surface area contributed by atoms with Crippen molar-refractivity contribution in [3.8, 4) is 28.2 Å². The highest BCUT2D eigenvalue weighted by molar-refractivity contribution is 5.74. The van der Waals surface area contributed by atoms with Crippen LogP contribution in [-0.2, 0) is 0 Å². The van der Waals surface area contributed by atoms with Crippen molar-refractivity contribution in [2.75, 3.05) is 0 Å². The molecule has 0 amide bonds. The molecule has 0 fully saturated rings. The Morgan fingerprint density at radius 2 is 1.81 bits per heavy atom. The molecule has 0 bridgehead atoms. The summed E-state index contributed by atoms with van der Waals surface area (Å²) in [5.41, 5.74) is 2.18. The van der Waals surface area contributed by atoms with Gasteiger partial charge in [-0.1, -0.05) is 36.4 Å². The average Bonchev–Trinajstić information content (AvgIpc) is 3.02. The average molecular weight is 287 g/mol. The normalized spacial score (nSPS) is 10.8. The smallest absolute Gasteiger partial charge is 0.387 e. The topological polar surface area (TPSA) is 35.3 Å². The Kier molecular flexibility index (Phi) is 3.64. The minimum absolute atomic E-state index is 0.141. The monoisotopic (exact) mass is 287 g/mol. The highest BCUT2D eigenvalue weighted by Crippen LogP contribution is 2.33. The molecule has 21 heavy (non-hydrogen) atoms. The Hall–Kier alpha value is -2.69. The summed E-state index contributed by atoms with van der Waals surface area (Å²) in [5, 5.41) is 0. The van der Waals surface area contributed by atoms with Crippen LogP contribution in [0.3, 0.4) is 0 Å². The molecule has 0 unspecified atom stereocenters. The molecule has 0 N–H and O–H groups in total. The second-order valence-electron chi connectivity index (χ2n) is 4.32. The maximum Gasteiger partial charge on any atom is 0.387 e. The predicted octanol–water partition coefficient (Wildman–Crippen LogP) is 4.61. The van der Waals surface area contributed by atoms with Gasteiger partial charge in [0.05, 0.1) is 6.20 Å². The molecule has 2 aromatic carbocycles. The van der Waals surface area contributed by atoms with E-state index in [1.54, 1.807) is 24.4 Å². The standard InChI is InChI=1S/C16H11F2NO2/c17-16(18)21-14-7-2-1-6-13(14)11-4-3-5-12(8-11)15-9-19-10-20-15/h1-10,16H. The first-order valence-electron chi connectivity index (χ1n) is 6.27. The largest absolute Gasteiger partial charge is 0.444 e. The van der Waals surface area contributed by atoms with Crippen molar-refractivity contribution < 1.29 is 17.9 Å². The van der Waals surface area contributed by atoms with E-state index in [9.17, 15) is 8.78 Å². The van der Waals surface area contributed by atoms with E-state index >= 15 is 0 Å². The van der Waals surface area contributed by atoms with E-state index in [-0.39, 0.29) is 5.75 Å². The number of oxazole rings is 1. The van der Waals surface area contributed by atoms with Crippen molar-refractivity contribution >= 4 is 0 Å². The van der Waals surface area contributed by atoms with Gasteiger partial charge in [0.25, 0.3) is 0 Å². The molecule has 0 aliphatic carbocycles. The number of para-hydroxylation sites is 1. The lowest BCUT2D eigenvalue weighted by atomic mass is 10.0. The van der Waals surface area contributed by atoms with Gasteiger partial charge >= 0.3 is 6.61 Å². The highest BCUT2D eigenvalue weighted by Gasteiger charge is 2.11. The van der Waals surface area contributed by atoms with E-state index < -0.39 is 6.61 Å². The summed E-state index contributed by atoms with van der Waals surface area (Å²) in [6, 6.07) is 14.0. The molecule has 1 heterocycles. The van der Waals surface area contributed by atoms with Crippen molar-refractivity contribution in [3.63, 3.8) is 0 Å². The molecule has 0 saturated carbocycles. The van der Waals surface area contributed by atoms with Gasteiger partial charge in [0.1, 0.15) is 5.75 Å². The first-order valence-corrected chi connectivity index (χ1v) is 6.27. The highest BCUT2D eigenvalue weighted by atomic mass is 19.3. The van der Waals surface area contributed by atoms with Crippen LogP contribution in [0.2, 0.25) is 0 Å². The summed E-state index contributed by atoms with van der Waals surface area (Å²) in [6.45, 7) is -2.86. The summed E-state index contributed by atoms with van der Waals surface area (Å²) in [5.74, 6) is 0.756. The third-order valence-corrected chi connectivity index (χ3v) is 2.99. The quantitative estimate of drug-likeness (QED) is 0.703. The van der Waals surface area contributed by atoms with Gasteiger partial charge in [0.15, 0.2) is 12.2 Å². The molecule has 3 aromatic rings. The molecule has 3 nitrogen and oxygen atoms in total. The van der Waals surface area contributed by atoms with Gasteiger partial charge in [-0.3, -0.25) is 0 Å². The van der Waals surface area contributed by atoms with Crippen LogP contribution >= 0.6 is 0 Å². The van der Waals surface area contributed by atoms with E-state index in [0.717, 1.165) is 11.1 Å². The van der Waals surface area contributed by atoms with Crippen LogP contribution in [-0.4, -0.2) is 11.6 Å². The van der Waals surface area contributed by atoms with Gasteiger partial charge in [-0.2, -0.15) is 8.78 Å². The maximum atomic E-state index is 12.5. The van der Waals surface area contributed by atoms with Crippen molar-refractivity contribution in [1.82, 2.24) is 4.98 Å². The zero-order valence-electron chi connectivity index (χ0n) is 10.9. The van der Waals surface area contributed by atoms with Crippen LogP contribution in [0.4, 0.5) is 8.78 Å². The molecule has 5 heteroatoms. The first kappa shape index (κ1) is 13.3. The van der Waals surface area contributed by atoms with Crippen LogP contribution in [0.5, 0.6) is 5.75 Å². The minimum Gasteiger partial charge on any atom is -0.444 e. The van der Waals surface area contributed by atoms with Crippen molar-refractivity contribution in [3.05, 3.63) is 61.1 Å². The van der Waals surface area contributed by atoms with Crippen molar-refractivity contribution in [2.24, 2.45) is 0 Å². The Bertz CT molecular complexity index is 727. The summed E-state index contributed by atoms with van der Waals surface area (Å²) in [6.07, 6.45) is 2.94. The minimum atomic E-state index is -2.86. The lowest BCUT2D eigenvalue weighted by Crippen LogP contribution is -2.02. The first-order chi connectivity index (χ1) is 10.2. The number of halogens is 2. The van der Waals surface area contributed by atoms with E-state index in [0.29, 0.717) is 11.3 Å². The fourth-order valence-corrected chi connectivity index (χ4v) is 2.10. The molecule has 0 radical (unpaired) electrons.